The first-order valence-electron chi connectivity index (χ1n) is 7.82. The van der Waals surface area contributed by atoms with Crippen LogP contribution < -0.4 is 0 Å². The summed E-state index contributed by atoms with van der Waals surface area (Å²) in [6, 6.07) is 0.291. The Hall–Kier alpha value is -1.06. The number of rotatable bonds is 6. The van der Waals surface area contributed by atoms with Crippen LogP contribution in [0.3, 0.4) is 0 Å². The van der Waals surface area contributed by atoms with E-state index in [2.05, 4.69) is 20.8 Å². The Kier molecular flexibility index (Phi) is 7.03. The van der Waals surface area contributed by atoms with Gasteiger partial charge in [0.15, 0.2) is 0 Å². The van der Waals surface area contributed by atoms with Crippen LogP contribution in [0.5, 0.6) is 0 Å². The molecule has 0 saturated heterocycles. The zero-order valence-corrected chi connectivity index (χ0v) is 13.4. The zero-order valence-electron chi connectivity index (χ0n) is 13.4. The molecule has 20 heavy (non-hydrogen) atoms. The first-order valence-corrected chi connectivity index (χ1v) is 7.82. The van der Waals surface area contributed by atoms with Crippen LogP contribution in [0.1, 0.15) is 59.3 Å². The molecular formula is C16H29NO3. The summed E-state index contributed by atoms with van der Waals surface area (Å²) in [6.45, 7) is 6.83. The van der Waals surface area contributed by atoms with Gasteiger partial charge in [-0.1, -0.05) is 33.6 Å². The maximum absolute atomic E-state index is 12.5. The summed E-state index contributed by atoms with van der Waals surface area (Å²) in [5.74, 6) is 0.818. The van der Waals surface area contributed by atoms with Crippen molar-refractivity contribution in [1.82, 2.24) is 4.90 Å². The molecule has 0 heterocycles. The summed E-state index contributed by atoms with van der Waals surface area (Å²) < 4.78 is 4.70. The van der Waals surface area contributed by atoms with Crippen molar-refractivity contribution in [3.63, 3.8) is 0 Å². The third-order valence-electron chi connectivity index (χ3n) is 4.15. The number of hydrogen-bond acceptors (Lipinski definition) is 3. The van der Waals surface area contributed by atoms with Gasteiger partial charge in [0.2, 0.25) is 5.91 Å². The van der Waals surface area contributed by atoms with E-state index in [4.69, 9.17) is 4.74 Å². The van der Waals surface area contributed by atoms with Crippen LogP contribution in [0.4, 0.5) is 0 Å². The highest BCUT2D eigenvalue weighted by molar-refractivity contribution is 5.77. The maximum atomic E-state index is 12.5. The van der Waals surface area contributed by atoms with E-state index >= 15 is 0 Å². The third kappa shape index (κ3) is 5.14. The van der Waals surface area contributed by atoms with E-state index in [0.717, 1.165) is 6.42 Å². The minimum absolute atomic E-state index is 0.183. The van der Waals surface area contributed by atoms with Gasteiger partial charge < -0.3 is 9.64 Å². The van der Waals surface area contributed by atoms with Gasteiger partial charge in [-0.05, 0) is 24.7 Å². The molecule has 116 valence electrons. The molecule has 0 aromatic carbocycles. The molecule has 1 amide bonds. The molecule has 2 unspecified atom stereocenters. The second-order valence-electron chi connectivity index (χ2n) is 6.34. The Bertz CT molecular complexity index is 328. The number of amides is 1. The van der Waals surface area contributed by atoms with Crippen molar-refractivity contribution < 1.29 is 14.3 Å². The predicted molar refractivity (Wildman–Crippen MR) is 79.2 cm³/mol. The number of methoxy groups -OCH3 is 1. The molecule has 0 spiro atoms. The Morgan fingerprint density at radius 3 is 2.45 bits per heavy atom. The van der Waals surface area contributed by atoms with Crippen LogP contribution in [0.15, 0.2) is 0 Å². The van der Waals surface area contributed by atoms with Crippen molar-refractivity contribution in [2.45, 2.75) is 65.3 Å². The maximum Gasteiger partial charge on any atom is 0.307 e. The van der Waals surface area contributed by atoms with E-state index in [1.54, 1.807) is 0 Å². The average Bonchev–Trinajstić information content (AvgIpc) is 2.39. The van der Waals surface area contributed by atoms with Crippen LogP contribution in [0.25, 0.3) is 0 Å². The molecule has 0 radical (unpaired) electrons. The van der Waals surface area contributed by atoms with Gasteiger partial charge in [0.25, 0.3) is 0 Å². The summed E-state index contributed by atoms with van der Waals surface area (Å²) in [6.07, 6.45) is 5.52. The van der Waals surface area contributed by atoms with Gasteiger partial charge in [-0.25, -0.2) is 0 Å². The average molecular weight is 283 g/mol. The number of hydrogen-bond donors (Lipinski definition) is 0. The Balaban J connectivity index is 2.71. The van der Waals surface area contributed by atoms with Crippen LogP contribution in [-0.4, -0.2) is 36.5 Å². The Morgan fingerprint density at radius 2 is 1.90 bits per heavy atom. The lowest BCUT2D eigenvalue weighted by molar-refractivity contribution is -0.143. The molecule has 1 aliphatic rings. The van der Waals surface area contributed by atoms with Crippen molar-refractivity contribution in [1.29, 1.82) is 0 Å². The second-order valence-corrected chi connectivity index (χ2v) is 6.34. The van der Waals surface area contributed by atoms with Gasteiger partial charge in [0.1, 0.15) is 0 Å². The fourth-order valence-electron chi connectivity index (χ4n) is 3.02. The third-order valence-corrected chi connectivity index (χ3v) is 4.15. The van der Waals surface area contributed by atoms with E-state index in [-0.39, 0.29) is 11.9 Å². The first-order chi connectivity index (χ1) is 9.45. The molecular weight excluding hydrogens is 254 g/mol. The standard InChI is InChI=1S/C16H29NO3/c1-12(2)11-15(18)17(10-9-16(19)20-4)14-8-6-5-7-13(14)3/h12-14H,5-11H2,1-4H3. The van der Waals surface area contributed by atoms with Gasteiger partial charge in [0.05, 0.1) is 13.5 Å². The summed E-state index contributed by atoms with van der Waals surface area (Å²) in [5, 5.41) is 0. The molecule has 0 aromatic heterocycles. The van der Waals surface area contributed by atoms with Gasteiger partial charge in [-0.3, -0.25) is 9.59 Å². The Morgan fingerprint density at radius 1 is 1.25 bits per heavy atom. The minimum atomic E-state index is -0.240. The van der Waals surface area contributed by atoms with E-state index in [0.29, 0.717) is 37.3 Å². The van der Waals surface area contributed by atoms with Crippen LogP contribution in [0, 0.1) is 11.8 Å². The van der Waals surface area contributed by atoms with Crippen molar-refractivity contribution >= 4 is 11.9 Å². The van der Waals surface area contributed by atoms with E-state index in [1.165, 1.54) is 26.4 Å². The SMILES string of the molecule is COC(=O)CCN(C(=O)CC(C)C)C1CCCCC1C. The van der Waals surface area contributed by atoms with E-state index < -0.39 is 0 Å². The highest BCUT2D eigenvalue weighted by Gasteiger charge is 2.30. The highest BCUT2D eigenvalue weighted by atomic mass is 16.5. The van der Waals surface area contributed by atoms with Gasteiger partial charge in [-0.15, -0.1) is 0 Å². The number of nitrogens with zero attached hydrogens (tertiary/aromatic N) is 1. The molecule has 0 bridgehead atoms. The normalized spacial score (nSPS) is 22.6. The van der Waals surface area contributed by atoms with Gasteiger partial charge >= 0.3 is 5.97 Å². The number of ether oxygens (including phenoxy) is 1. The molecule has 1 saturated carbocycles. The molecule has 1 rings (SSSR count). The molecule has 4 nitrogen and oxygen atoms in total. The zero-order chi connectivity index (χ0) is 15.1. The lowest BCUT2D eigenvalue weighted by Gasteiger charge is -2.39. The second kappa shape index (κ2) is 8.28. The number of carbonyl (C=O) groups excluding carboxylic acids is 2. The summed E-state index contributed by atoms with van der Waals surface area (Å²) >= 11 is 0. The van der Waals surface area contributed by atoms with Crippen molar-refractivity contribution in [3.8, 4) is 0 Å². The molecule has 0 aromatic rings. The first kappa shape index (κ1) is 17.0. The predicted octanol–water partition coefficient (Wildman–Crippen LogP) is 3.00. The van der Waals surface area contributed by atoms with Gasteiger partial charge in [0, 0.05) is 19.0 Å². The topological polar surface area (TPSA) is 46.6 Å². The quantitative estimate of drug-likeness (QED) is 0.704. The molecule has 4 heteroatoms. The highest BCUT2D eigenvalue weighted by Crippen LogP contribution is 2.29. The summed E-state index contributed by atoms with van der Waals surface area (Å²) in [5.41, 5.74) is 0. The van der Waals surface area contributed by atoms with Gasteiger partial charge in [-0.2, -0.15) is 0 Å². The number of esters is 1. The van der Waals surface area contributed by atoms with Crippen LogP contribution in [0.2, 0.25) is 0 Å². The van der Waals surface area contributed by atoms with Crippen LogP contribution in [-0.2, 0) is 14.3 Å². The number of carbonyl (C=O) groups is 2. The fourth-order valence-corrected chi connectivity index (χ4v) is 3.02. The van der Waals surface area contributed by atoms with Crippen molar-refractivity contribution in [2.24, 2.45) is 11.8 Å². The lowest BCUT2D eigenvalue weighted by Crippen LogP contribution is -2.46. The summed E-state index contributed by atoms with van der Waals surface area (Å²) in [7, 11) is 1.39. The van der Waals surface area contributed by atoms with Crippen molar-refractivity contribution in [3.05, 3.63) is 0 Å². The van der Waals surface area contributed by atoms with Crippen LogP contribution >= 0.6 is 0 Å². The minimum Gasteiger partial charge on any atom is -0.469 e. The lowest BCUT2D eigenvalue weighted by atomic mass is 9.84. The fraction of sp³-hybridized carbons (Fsp3) is 0.875. The monoisotopic (exact) mass is 283 g/mol. The van der Waals surface area contributed by atoms with E-state index in [1.807, 2.05) is 4.90 Å². The summed E-state index contributed by atoms with van der Waals surface area (Å²) in [4.78, 5) is 25.8. The van der Waals surface area contributed by atoms with E-state index in [9.17, 15) is 9.59 Å². The molecule has 2 atom stereocenters. The largest absolute Gasteiger partial charge is 0.469 e. The Labute approximate surface area is 122 Å². The smallest absolute Gasteiger partial charge is 0.307 e. The molecule has 0 N–H and O–H groups in total. The molecule has 1 aliphatic carbocycles. The molecule has 0 aliphatic heterocycles. The van der Waals surface area contributed by atoms with Crippen molar-refractivity contribution in [2.75, 3.05) is 13.7 Å². The molecule has 1 fully saturated rings.